The third-order valence-corrected chi connectivity index (χ3v) is 4.52. The van der Waals surface area contributed by atoms with Gasteiger partial charge in [-0.3, -0.25) is 9.59 Å². The molecule has 0 fully saturated rings. The average molecular weight is 344 g/mol. The van der Waals surface area contributed by atoms with Crippen molar-refractivity contribution in [1.29, 1.82) is 0 Å². The van der Waals surface area contributed by atoms with E-state index >= 15 is 0 Å². The summed E-state index contributed by atoms with van der Waals surface area (Å²) in [6.45, 7) is 3.92. The monoisotopic (exact) mass is 343 g/mol. The fraction of sp³-hybridized carbons (Fsp3) is 0.278. The minimum atomic E-state index is -0.0681. The smallest absolute Gasteiger partial charge is 0.240 e. The minimum absolute atomic E-state index is 0.0102. The number of hydrogen-bond donors (Lipinski definition) is 2. The summed E-state index contributed by atoms with van der Waals surface area (Å²) in [5, 5.41) is 4.73. The van der Waals surface area contributed by atoms with Gasteiger partial charge >= 0.3 is 0 Å². The molecule has 6 heteroatoms. The van der Waals surface area contributed by atoms with Gasteiger partial charge in [0.1, 0.15) is 0 Å². The van der Waals surface area contributed by atoms with Crippen LogP contribution in [-0.2, 0) is 4.79 Å². The van der Waals surface area contributed by atoms with Crippen LogP contribution in [0.25, 0.3) is 0 Å². The minimum Gasteiger partial charge on any atom is -0.355 e. The summed E-state index contributed by atoms with van der Waals surface area (Å²) in [4.78, 5) is 27.1. The van der Waals surface area contributed by atoms with Crippen LogP contribution in [0.15, 0.2) is 35.4 Å². The van der Waals surface area contributed by atoms with E-state index in [0.29, 0.717) is 29.1 Å². The summed E-state index contributed by atoms with van der Waals surface area (Å²) >= 11 is 5.87. The molecule has 1 atom stereocenters. The van der Waals surface area contributed by atoms with E-state index in [0.717, 1.165) is 17.0 Å². The van der Waals surface area contributed by atoms with E-state index in [2.05, 4.69) is 15.5 Å². The second kappa shape index (κ2) is 6.61. The fourth-order valence-electron chi connectivity index (χ4n) is 2.78. The normalized spacial score (nSPS) is 15.6. The molecule has 0 spiro atoms. The third-order valence-electron chi connectivity index (χ3n) is 4.27. The Bertz CT molecular complexity index is 821. The summed E-state index contributed by atoms with van der Waals surface area (Å²) < 4.78 is 0. The highest BCUT2D eigenvalue weighted by Crippen LogP contribution is 2.24. The first kappa shape index (κ1) is 16.5. The zero-order chi connectivity index (χ0) is 17.3. The summed E-state index contributed by atoms with van der Waals surface area (Å²) in [6, 6.07) is 8.81. The highest BCUT2D eigenvalue weighted by Gasteiger charge is 2.22. The maximum atomic E-state index is 12.7. The predicted octanol–water partition coefficient (Wildman–Crippen LogP) is 3.58. The van der Waals surface area contributed by atoms with Crippen LogP contribution in [-0.4, -0.2) is 22.4 Å². The van der Waals surface area contributed by atoms with E-state index in [1.165, 1.54) is 0 Å². The molecule has 2 heterocycles. The lowest BCUT2D eigenvalue weighted by molar-refractivity contribution is -0.121. The van der Waals surface area contributed by atoms with Crippen LogP contribution in [0.2, 0.25) is 5.02 Å². The molecule has 1 aliphatic heterocycles. The van der Waals surface area contributed by atoms with Crippen LogP contribution >= 0.6 is 11.6 Å². The van der Waals surface area contributed by atoms with Crippen molar-refractivity contribution in [2.45, 2.75) is 32.6 Å². The van der Waals surface area contributed by atoms with E-state index in [-0.39, 0.29) is 17.6 Å². The van der Waals surface area contributed by atoms with Crippen molar-refractivity contribution in [3.63, 3.8) is 0 Å². The summed E-state index contributed by atoms with van der Waals surface area (Å²) in [5.41, 5.74) is 6.38. The molecule has 1 unspecified atom stereocenters. The Balaban J connectivity index is 1.86. The van der Waals surface area contributed by atoms with Crippen LogP contribution in [0.3, 0.4) is 0 Å². The molecule has 0 saturated heterocycles. The van der Waals surface area contributed by atoms with E-state index in [1.807, 2.05) is 19.9 Å². The van der Waals surface area contributed by atoms with Crippen molar-refractivity contribution in [1.82, 2.24) is 10.4 Å². The number of hydrazone groups is 1. The molecular weight excluding hydrogens is 326 g/mol. The fourth-order valence-corrected chi connectivity index (χ4v) is 2.91. The molecule has 2 aromatic rings. The van der Waals surface area contributed by atoms with Gasteiger partial charge in [-0.2, -0.15) is 5.10 Å². The van der Waals surface area contributed by atoms with E-state index in [4.69, 9.17) is 11.6 Å². The van der Waals surface area contributed by atoms with Crippen LogP contribution in [0.5, 0.6) is 0 Å². The Hall–Kier alpha value is -2.40. The third kappa shape index (κ3) is 3.26. The molecule has 1 aliphatic rings. The molecule has 3 rings (SSSR count). The Morgan fingerprint density at radius 1 is 1.25 bits per heavy atom. The standard InChI is InChI=1S/C18H18ClN3O2/c1-10-9-15(11(2)14-7-8-16(23)22-21-14)20-17(10)18(24)12-3-5-13(19)6-4-12/h3-6,9,11,20H,7-8H2,1-2H3,(H,22,23). The molecule has 1 aromatic heterocycles. The number of benzene rings is 1. The van der Waals surface area contributed by atoms with Gasteiger partial charge in [0.2, 0.25) is 11.7 Å². The lowest BCUT2D eigenvalue weighted by Crippen LogP contribution is -2.28. The molecular formula is C18H18ClN3O2. The molecule has 0 aliphatic carbocycles. The van der Waals surface area contributed by atoms with E-state index < -0.39 is 0 Å². The van der Waals surface area contributed by atoms with E-state index in [9.17, 15) is 9.59 Å². The number of aryl methyl sites for hydroxylation is 1. The van der Waals surface area contributed by atoms with E-state index in [1.54, 1.807) is 24.3 Å². The van der Waals surface area contributed by atoms with Gasteiger partial charge in [-0.25, -0.2) is 5.43 Å². The summed E-state index contributed by atoms with van der Waals surface area (Å²) in [7, 11) is 0. The first-order valence-electron chi connectivity index (χ1n) is 7.80. The number of rotatable bonds is 4. The van der Waals surface area contributed by atoms with Gasteiger partial charge in [-0.1, -0.05) is 18.5 Å². The van der Waals surface area contributed by atoms with Gasteiger partial charge in [0, 0.05) is 34.3 Å². The zero-order valence-corrected chi connectivity index (χ0v) is 14.3. The molecule has 0 radical (unpaired) electrons. The van der Waals surface area contributed by atoms with Crippen LogP contribution in [0.4, 0.5) is 0 Å². The van der Waals surface area contributed by atoms with Gasteiger partial charge in [-0.05, 0) is 49.2 Å². The quantitative estimate of drug-likeness (QED) is 0.833. The van der Waals surface area contributed by atoms with Crippen molar-refractivity contribution in [2.24, 2.45) is 5.10 Å². The molecule has 1 aromatic carbocycles. The SMILES string of the molecule is Cc1cc(C(C)C2=NNC(=O)CC2)[nH]c1C(=O)c1ccc(Cl)cc1. The number of carbonyl (C=O) groups is 2. The van der Waals surface area contributed by atoms with Gasteiger partial charge in [-0.15, -0.1) is 0 Å². The average Bonchev–Trinajstić information content (AvgIpc) is 2.97. The van der Waals surface area contributed by atoms with Gasteiger partial charge < -0.3 is 4.98 Å². The second-order valence-electron chi connectivity index (χ2n) is 5.98. The maximum absolute atomic E-state index is 12.7. The summed E-state index contributed by atoms with van der Waals surface area (Å²) in [5.74, 6) is -0.121. The molecule has 0 bridgehead atoms. The van der Waals surface area contributed by atoms with Gasteiger partial charge in [0.05, 0.1) is 5.69 Å². The lowest BCUT2D eigenvalue weighted by Gasteiger charge is -2.17. The first-order valence-corrected chi connectivity index (χ1v) is 8.18. The first-order chi connectivity index (χ1) is 11.5. The highest BCUT2D eigenvalue weighted by atomic mass is 35.5. The zero-order valence-electron chi connectivity index (χ0n) is 13.5. The summed E-state index contributed by atoms with van der Waals surface area (Å²) in [6.07, 6.45) is 1.07. The number of ketones is 1. The largest absolute Gasteiger partial charge is 0.355 e. The Labute approximate surface area is 145 Å². The molecule has 5 nitrogen and oxygen atoms in total. The number of carbonyl (C=O) groups excluding carboxylic acids is 2. The number of H-pyrrole nitrogens is 1. The number of hydrogen-bond acceptors (Lipinski definition) is 3. The number of amides is 1. The van der Waals surface area contributed by atoms with Crippen LogP contribution in [0.1, 0.15) is 53.0 Å². The number of aromatic nitrogens is 1. The van der Waals surface area contributed by atoms with Crippen molar-refractivity contribution in [3.8, 4) is 0 Å². The molecule has 24 heavy (non-hydrogen) atoms. The Morgan fingerprint density at radius 2 is 1.96 bits per heavy atom. The van der Waals surface area contributed by atoms with Crippen LogP contribution in [0, 0.1) is 6.92 Å². The number of nitrogens with one attached hydrogen (secondary N) is 2. The topological polar surface area (TPSA) is 74.3 Å². The van der Waals surface area contributed by atoms with Crippen molar-refractivity contribution >= 4 is 29.0 Å². The van der Waals surface area contributed by atoms with Crippen molar-refractivity contribution in [2.75, 3.05) is 0 Å². The van der Waals surface area contributed by atoms with Gasteiger partial charge in [0.15, 0.2) is 0 Å². The highest BCUT2D eigenvalue weighted by molar-refractivity contribution is 6.30. The maximum Gasteiger partial charge on any atom is 0.240 e. The molecule has 1 amide bonds. The number of nitrogens with zero attached hydrogens (tertiary/aromatic N) is 1. The Kier molecular flexibility index (Phi) is 4.53. The predicted molar refractivity (Wildman–Crippen MR) is 93.6 cm³/mol. The molecule has 2 N–H and O–H groups in total. The van der Waals surface area contributed by atoms with Crippen LogP contribution < -0.4 is 5.43 Å². The van der Waals surface area contributed by atoms with Crippen molar-refractivity contribution < 1.29 is 9.59 Å². The van der Waals surface area contributed by atoms with Crippen molar-refractivity contribution in [3.05, 3.63) is 57.9 Å². The van der Waals surface area contributed by atoms with Gasteiger partial charge in [0.25, 0.3) is 0 Å². The number of aromatic amines is 1. The lowest BCUT2D eigenvalue weighted by atomic mass is 9.97. The molecule has 0 saturated carbocycles. The Morgan fingerprint density at radius 3 is 2.58 bits per heavy atom. The number of halogens is 1. The second-order valence-corrected chi connectivity index (χ2v) is 6.41. The molecule has 124 valence electrons.